The van der Waals surface area contributed by atoms with Crippen LogP contribution in [0.2, 0.25) is 0 Å². The van der Waals surface area contributed by atoms with Crippen molar-refractivity contribution in [2.24, 2.45) is 0 Å². The molecule has 2 aromatic heterocycles. The van der Waals surface area contributed by atoms with Gasteiger partial charge in [0.05, 0.1) is 7.11 Å². The first-order valence-corrected chi connectivity index (χ1v) is 8.89. The smallest absolute Gasteiger partial charge is 0.255 e. The van der Waals surface area contributed by atoms with Crippen molar-refractivity contribution in [3.63, 3.8) is 0 Å². The Labute approximate surface area is 159 Å². The molecule has 0 aliphatic carbocycles. The van der Waals surface area contributed by atoms with E-state index in [-0.39, 0.29) is 11.0 Å². The Morgan fingerprint density at radius 3 is 2.44 bits per heavy atom. The Balaban J connectivity index is 2.21. The van der Waals surface area contributed by atoms with Crippen molar-refractivity contribution in [3.05, 3.63) is 82.0 Å². The number of nitrogens with one attached hydrogen (secondary N) is 1. The summed E-state index contributed by atoms with van der Waals surface area (Å²) in [5.41, 5.74) is 4.31. The summed E-state index contributed by atoms with van der Waals surface area (Å²) in [5, 5.41) is 0. The minimum absolute atomic E-state index is 0.105. The number of pyridine rings is 2. The highest BCUT2D eigenvalue weighted by molar-refractivity contribution is 5.78. The van der Waals surface area contributed by atoms with Crippen LogP contribution in [0.25, 0.3) is 23.3 Å². The Kier molecular flexibility index (Phi) is 5.26. The number of hydrogen-bond donors (Lipinski definition) is 1. The summed E-state index contributed by atoms with van der Waals surface area (Å²) in [6.45, 7) is 6.42. The summed E-state index contributed by atoms with van der Waals surface area (Å²) in [6.07, 6.45) is 9.20. The summed E-state index contributed by atoms with van der Waals surface area (Å²) in [4.78, 5) is 19.1. The average Bonchev–Trinajstić information content (AvgIpc) is 2.66. The SMILES string of the molecule is COc1c(/C=C/c2ccncc2)cc(-c2ccc[nH]c2=O)cc1C(C)(C)C. The lowest BCUT2D eigenvalue weighted by Crippen LogP contribution is -2.15. The second kappa shape index (κ2) is 7.62. The molecule has 1 aromatic carbocycles. The zero-order chi connectivity index (χ0) is 19.4. The highest BCUT2D eigenvalue weighted by Crippen LogP contribution is 2.38. The van der Waals surface area contributed by atoms with Crippen molar-refractivity contribution >= 4 is 12.2 Å². The van der Waals surface area contributed by atoms with E-state index >= 15 is 0 Å². The number of aromatic amines is 1. The van der Waals surface area contributed by atoms with Crippen LogP contribution in [0.4, 0.5) is 0 Å². The molecule has 4 heteroatoms. The molecule has 27 heavy (non-hydrogen) atoms. The molecule has 3 rings (SSSR count). The van der Waals surface area contributed by atoms with E-state index in [0.717, 1.165) is 28.0 Å². The van der Waals surface area contributed by atoms with Crippen molar-refractivity contribution in [2.75, 3.05) is 7.11 Å². The fourth-order valence-electron chi connectivity index (χ4n) is 3.02. The van der Waals surface area contributed by atoms with Gasteiger partial charge in [0.1, 0.15) is 5.75 Å². The first kappa shape index (κ1) is 18.6. The zero-order valence-corrected chi connectivity index (χ0v) is 16.1. The van der Waals surface area contributed by atoms with Gasteiger partial charge < -0.3 is 9.72 Å². The quantitative estimate of drug-likeness (QED) is 0.719. The maximum atomic E-state index is 12.3. The van der Waals surface area contributed by atoms with E-state index < -0.39 is 0 Å². The largest absolute Gasteiger partial charge is 0.496 e. The first-order chi connectivity index (χ1) is 12.9. The van der Waals surface area contributed by atoms with Crippen LogP contribution in [-0.4, -0.2) is 17.1 Å². The Morgan fingerprint density at radius 1 is 1.07 bits per heavy atom. The Hall–Kier alpha value is -3.14. The highest BCUT2D eigenvalue weighted by Gasteiger charge is 2.22. The number of H-pyrrole nitrogens is 1. The molecule has 0 unspecified atom stereocenters. The van der Waals surface area contributed by atoms with Gasteiger partial charge in [-0.25, -0.2) is 0 Å². The summed E-state index contributed by atoms with van der Waals surface area (Å²) in [6, 6.07) is 11.6. The summed E-state index contributed by atoms with van der Waals surface area (Å²) < 4.78 is 5.76. The lowest BCUT2D eigenvalue weighted by molar-refractivity contribution is 0.397. The number of nitrogens with zero attached hydrogens (tertiary/aromatic N) is 1. The molecule has 138 valence electrons. The van der Waals surface area contributed by atoms with Gasteiger partial charge in [-0.05, 0) is 52.9 Å². The van der Waals surface area contributed by atoms with Crippen LogP contribution < -0.4 is 10.3 Å². The molecule has 0 bridgehead atoms. The van der Waals surface area contributed by atoms with E-state index in [0.29, 0.717) is 5.56 Å². The lowest BCUT2D eigenvalue weighted by atomic mass is 9.83. The zero-order valence-electron chi connectivity index (χ0n) is 16.1. The summed E-state index contributed by atoms with van der Waals surface area (Å²) in [5.74, 6) is 0.823. The maximum absolute atomic E-state index is 12.3. The fraction of sp³-hybridized carbons (Fsp3) is 0.217. The number of aromatic nitrogens is 2. The van der Waals surface area contributed by atoms with E-state index in [1.165, 1.54) is 0 Å². The molecule has 2 heterocycles. The summed E-state index contributed by atoms with van der Waals surface area (Å²) >= 11 is 0. The Bertz CT molecular complexity index is 1010. The molecule has 0 atom stereocenters. The van der Waals surface area contributed by atoms with Crippen molar-refractivity contribution in [2.45, 2.75) is 26.2 Å². The number of hydrogen-bond acceptors (Lipinski definition) is 3. The second-order valence-electron chi connectivity index (χ2n) is 7.42. The molecular weight excluding hydrogens is 336 g/mol. The molecule has 0 fully saturated rings. The lowest BCUT2D eigenvalue weighted by Gasteiger charge is -2.24. The van der Waals surface area contributed by atoms with Crippen LogP contribution in [0.15, 0.2) is 59.8 Å². The minimum atomic E-state index is -0.137. The number of ether oxygens (including phenoxy) is 1. The predicted molar refractivity (Wildman–Crippen MR) is 111 cm³/mol. The molecular formula is C23H24N2O2. The maximum Gasteiger partial charge on any atom is 0.255 e. The van der Waals surface area contributed by atoms with Gasteiger partial charge in [-0.1, -0.05) is 32.9 Å². The van der Waals surface area contributed by atoms with Crippen LogP contribution in [-0.2, 0) is 5.41 Å². The van der Waals surface area contributed by atoms with Gasteiger partial charge in [-0.2, -0.15) is 0 Å². The molecule has 4 nitrogen and oxygen atoms in total. The molecule has 0 saturated heterocycles. The van der Waals surface area contributed by atoms with Gasteiger partial charge in [-0.15, -0.1) is 0 Å². The normalized spacial score (nSPS) is 11.7. The number of rotatable bonds is 4. The monoisotopic (exact) mass is 360 g/mol. The second-order valence-corrected chi connectivity index (χ2v) is 7.42. The fourth-order valence-corrected chi connectivity index (χ4v) is 3.02. The topological polar surface area (TPSA) is 55.0 Å². The molecule has 0 aliphatic rings. The standard InChI is InChI=1S/C23H24N2O2/c1-23(2,3)20-15-18(19-6-5-11-25-22(19)26)14-17(21(20)27-4)8-7-16-9-12-24-13-10-16/h5-15H,1-4H3,(H,25,26)/b8-7+. The van der Waals surface area contributed by atoms with Crippen LogP contribution in [0.3, 0.4) is 0 Å². The number of benzene rings is 1. The predicted octanol–water partition coefficient (Wildman–Crippen LogP) is 4.91. The third-order valence-electron chi connectivity index (χ3n) is 4.42. The first-order valence-electron chi connectivity index (χ1n) is 8.89. The number of methoxy groups -OCH3 is 1. The van der Waals surface area contributed by atoms with Crippen LogP contribution in [0.5, 0.6) is 5.75 Å². The van der Waals surface area contributed by atoms with Crippen LogP contribution in [0, 0.1) is 0 Å². The van der Waals surface area contributed by atoms with Gasteiger partial charge in [0.25, 0.3) is 5.56 Å². The molecule has 3 aromatic rings. The van der Waals surface area contributed by atoms with E-state index in [4.69, 9.17) is 4.74 Å². The minimum Gasteiger partial charge on any atom is -0.496 e. The molecule has 1 N–H and O–H groups in total. The highest BCUT2D eigenvalue weighted by atomic mass is 16.5. The van der Waals surface area contributed by atoms with Gasteiger partial charge in [-0.3, -0.25) is 9.78 Å². The summed E-state index contributed by atoms with van der Waals surface area (Å²) in [7, 11) is 1.68. The van der Waals surface area contributed by atoms with Crippen LogP contribution >= 0.6 is 0 Å². The van der Waals surface area contributed by atoms with Crippen molar-refractivity contribution in [1.29, 1.82) is 0 Å². The molecule has 0 amide bonds. The average molecular weight is 360 g/mol. The molecule has 0 saturated carbocycles. The van der Waals surface area contributed by atoms with E-state index in [1.807, 2.05) is 48.6 Å². The van der Waals surface area contributed by atoms with E-state index in [2.05, 4.69) is 30.7 Å². The van der Waals surface area contributed by atoms with Gasteiger partial charge in [0, 0.05) is 35.3 Å². The molecule has 0 radical (unpaired) electrons. The van der Waals surface area contributed by atoms with E-state index in [1.54, 1.807) is 25.7 Å². The van der Waals surface area contributed by atoms with Crippen molar-refractivity contribution in [3.8, 4) is 16.9 Å². The van der Waals surface area contributed by atoms with Crippen molar-refractivity contribution in [1.82, 2.24) is 9.97 Å². The Morgan fingerprint density at radius 2 is 1.81 bits per heavy atom. The van der Waals surface area contributed by atoms with Gasteiger partial charge >= 0.3 is 0 Å². The third-order valence-corrected chi connectivity index (χ3v) is 4.42. The van der Waals surface area contributed by atoms with E-state index in [9.17, 15) is 4.79 Å². The third kappa shape index (κ3) is 4.17. The molecule has 0 spiro atoms. The molecule has 0 aliphatic heterocycles. The van der Waals surface area contributed by atoms with Crippen molar-refractivity contribution < 1.29 is 4.74 Å². The van der Waals surface area contributed by atoms with Gasteiger partial charge in [0.2, 0.25) is 0 Å². The van der Waals surface area contributed by atoms with Gasteiger partial charge in [0.15, 0.2) is 0 Å². The van der Waals surface area contributed by atoms with Crippen LogP contribution in [0.1, 0.15) is 37.5 Å².